The minimum Gasteiger partial charge on any atom is -0.310 e. The summed E-state index contributed by atoms with van der Waals surface area (Å²) in [7, 11) is 0. The van der Waals surface area contributed by atoms with Crippen LogP contribution in [0.15, 0.2) is 41.3 Å². The third kappa shape index (κ3) is 3.09. The molecule has 4 aromatic rings. The molecule has 1 aromatic carbocycles. The number of fused-ring (bicyclic) bond motifs is 3. The predicted molar refractivity (Wildman–Crippen MR) is 114 cm³/mol. The summed E-state index contributed by atoms with van der Waals surface area (Å²) in [5, 5.41) is 13.4. The van der Waals surface area contributed by atoms with Crippen molar-refractivity contribution in [3.05, 3.63) is 58.4 Å². The van der Waals surface area contributed by atoms with Gasteiger partial charge in [-0.3, -0.25) is 4.79 Å². The van der Waals surface area contributed by atoms with Gasteiger partial charge in [-0.1, -0.05) is 44.7 Å². The maximum Gasteiger partial charge on any atom is 0.280 e. The molecule has 0 amide bonds. The summed E-state index contributed by atoms with van der Waals surface area (Å²) in [5.41, 5.74) is 3.98. The fourth-order valence-electron chi connectivity index (χ4n) is 4.59. The van der Waals surface area contributed by atoms with Crippen molar-refractivity contribution in [2.75, 3.05) is 0 Å². The normalized spacial score (nSPS) is 15.7. The highest BCUT2D eigenvalue weighted by Gasteiger charge is 2.21. The van der Waals surface area contributed by atoms with E-state index in [1.165, 1.54) is 25.0 Å². The van der Waals surface area contributed by atoms with Crippen LogP contribution in [0.5, 0.6) is 0 Å². The van der Waals surface area contributed by atoms with Crippen LogP contribution in [0.1, 0.15) is 57.2 Å². The molecule has 0 saturated heterocycles. The standard InChI is InChI=1S/C23H24FN5O/c1-2-18-20(15-9-11-16(24)12-10-15)22-26-25-21-19(29(22)27-18)13-14-28(23(21)30)17-7-5-3-4-6-8-17/h9-14,17H,2-8H2,1H3. The molecule has 3 aromatic heterocycles. The first-order valence-electron chi connectivity index (χ1n) is 10.7. The van der Waals surface area contributed by atoms with E-state index in [9.17, 15) is 9.18 Å². The highest BCUT2D eigenvalue weighted by atomic mass is 19.1. The van der Waals surface area contributed by atoms with Gasteiger partial charge in [-0.25, -0.2) is 8.91 Å². The van der Waals surface area contributed by atoms with Gasteiger partial charge in [0.05, 0.1) is 11.3 Å². The monoisotopic (exact) mass is 405 g/mol. The molecular formula is C23H24FN5O. The number of nitrogens with zero attached hydrogens (tertiary/aromatic N) is 5. The van der Waals surface area contributed by atoms with Gasteiger partial charge in [0.25, 0.3) is 5.56 Å². The van der Waals surface area contributed by atoms with Crippen molar-refractivity contribution in [2.24, 2.45) is 0 Å². The van der Waals surface area contributed by atoms with Crippen molar-refractivity contribution in [1.29, 1.82) is 0 Å². The van der Waals surface area contributed by atoms with Crippen LogP contribution in [0.3, 0.4) is 0 Å². The van der Waals surface area contributed by atoms with E-state index < -0.39 is 0 Å². The molecule has 1 aliphatic rings. The maximum absolute atomic E-state index is 13.4. The van der Waals surface area contributed by atoms with E-state index in [0.717, 1.165) is 42.5 Å². The molecule has 0 unspecified atom stereocenters. The van der Waals surface area contributed by atoms with Crippen LogP contribution in [-0.2, 0) is 6.42 Å². The van der Waals surface area contributed by atoms with Crippen LogP contribution in [0, 0.1) is 5.82 Å². The molecule has 30 heavy (non-hydrogen) atoms. The van der Waals surface area contributed by atoms with E-state index in [1.54, 1.807) is 16.6 Å². The summed E-state index contributed by atoms with van der Waals surface area (Å²) in [5.74, 6) is -0.288. The third-order valence-electron chi connectivity index (χ3n) is 6.17. The van der Waals surface area contributed by atoms with Crippen LogP contribution in [0.2, 0.25) is 0 Å². The van der Waals surface area contributed by atoms with E-state index in [2.05, 4.69) is 10.2 Å². The second kappa shape index (κ2) is 7.63. The summed E-state index contributed by atoms with van der Waals surface area (Å²) < 4.78 is 16.9. The van der Waals surface area contributed by atoms with Crippen molar-refractivity contribution < 1.29 is 4.39 Å². The molecule has 7 heteroatoms. The molecule has 0 radical (unpaired) electrons. The zero-order valence-electron chi connectivity index (χ0n) is 17.0. The van der Waals surface area contributed by atoms with Gasteiger partial charge in [-0.05, 0) is 43.0 Å². The average Bonchev–Trinajstić information content (AvgIpc) is 2.93. The summed E-state index contributed by atoms with van der Waals surface area (Å²) in [6.07, 6.45) is 9.40. The van der Waals surface area contributed by atoms with Gasteiger partial charge < -0.3 is 4.57 Å². The minimum atomic E-state index is -0.288. The van der Waals surface area contributed by atoms with Gasteiger partial charge in [-0.15, -0.1) is 10.2 Å². The molecule has 0 spiro atoms. The number of aromatic nitrogens is 5. The van der Waals surface area contributed by atoms with E-state index >= 15 is 0 Å². The molecule has 154 valence electrons. The first-order chi connectivity index (χ1) is 14.7. The van der Waals surface area contributed by atoms with Crippen LogP contribution in [0.4, 0.5) is 4.39 Å². The Kier molecular flexibility index (Phi) is 4.81. The number of hydrogen-bond donors (Lipinski definition) is 0. The predicted octanol–water partition coefficient (Wildman–Crippen LogP) is 4.70. The van der Waals surface area contributed by atoms with Crippen molar-refractivity contribution in [3.63, 3.8) is 0 Å². The Balaban J connectivity index is 1.69. The number of benzene rings is 1. The quantitative estimate of drug-likeness (QED) is 0.463. The number of pyridine rings is 1. The number of aryl methyl sites for hydroxylation is 1. The zero-order chi connectivity index (χ0) is 20.7. The molecule has 5 rings (SSSR count). The Morgan fingerprint density at radius 2 is 1.77 bits per heavy atom. The maximum atomic E-state index is 13.4. The van der Waals surface area contributed by atoms with Crippen LogP contribution < -0.4 is 5.56 Å². The largest absolute Gasteiger partial charge is 0.310 e. The van der Waals surface area contributed by atoms with E-state index in [4.69, 9.17) is 5.10 Å². The Bertz CT molecular complexity index is 1270. The first kappa shape index (κ1) is 18.9. The summed E-state index contributed by atoms with van der Waals surface area (Å²) in [4.78, 5) is 13.2. The molecular weight excluding hydrogens is 381 g/mol. The second-order valence-corrected chi connectivity index (χ2v) is 8.02. The van der Waals surface area contributed by atoms with Gasteiger partial charge in [0.1, 0.15) is 11.3 Å². The van der Waals surface area contributed by atoms with Crippen molar-refractivity contribution in [3.8, 4) is 11.1 Å². The smallest absolute Gasteiger partial charge is 0.280 e. The molecule has 6 nitrogen and oxygen atoms in total. The highest BCUT2D eigenvalue weighted by molar-refractivity contribution is 5.84. The van der Waals surface area contributed by atoms with E-state index in [0.29, 0.717) is 23.1 Å². The zero-order valence-corrected chi connectivity index (χ0v) is 17.0. The van der Waals surface area contributed by atoms with Gasteiger partial charge in [-0.2, -0.15) is 5.10 Å². The molecule has 1 fully saturated rings. The lowest BCUT2D eigenvalue weighted by Crippen LogP contribution is -2.25. The number of hydrogen-bond acceptors (Lipinski definition) is 4. The lowest BCUT2D eigenvalue weighted by molar-refractivity contribution is 0.433. The van der Waals surface area contributed by atoms with E-state index in [1.807, 2.05) is 23.8 Å². The number of rotatable bonds is 3. The first-order valence-corrected chi connectivity index (χ1v) is 10.7. The van der Waals surface area contributed by atoms with Crippen molar-refractivity contribution in [2.45, 2.75) is 57.9 Å². The number of halogens is 1. The molecule has 1 saturated carbocycles. The molecule has 0 N–H and O–H groups in total. The topological polar surface area (TPSA) is 65.1 Å². The van der Waals surface area contributed by atoms with Crippen molar-refractivity contribution in [1.82, 2.24) is 24.4 Å². The Hall–Kier alpha value is -3.09. The molecule has 0 atom stereocenters. The third-order valence-corrected chi connectivity index (χ3v) is 6.17. The SMILES string of the molecule is CCc1nn2c(nnc3c(=O)n(C4CCCCCC4)ccc32)c1-c1ccc(F)cc1. The van der Waals surface area contributed by atoms with E-state index in [-0.39, 0.29) is 17.4 Å². The molecule has 0 bridgehead atoms. The summed E-state index contributed by atoms with van der Waals surface area (Å²) in [6.45, 7) is 2.02. The average molecular weight is 405 g/mol. The van der Waals surface area contributed by atoms with Gasteiger partial charge >= 0.3 is 0 Å². The van der Waals surface area contributed by atoms with Gasteiger partial charge in [0.15, 0.2) is 11.2 Å². The lowest BCUT2D eigenvalue weighted by atomic mass is 10.0. The summed E-state index contributed by atoms with van der Waals surface area (Å²) in [6, 6.07) is 8.45. The van der Waals surface area contributed by atoms with Crippen molar-refractivity contribution >= 4 is 16.7 Å². The Morgan fingerprint density at radius 1 is 1.03 bits per heavy atom. The fraction of sp³-hybridized carbons (Fsp3) is 0.391. The van der Waals surface area contributed by atoms with Crippen LogP contribution in [0.25, 0.3) is 27.8 Å². The summed E-state index contributed by atoms with van der Waals surface area (Å²) >= 11 is 0. The van der Waals surface area contributed by atoms with Crippen LogP contribution in [-0.4, -0.2) is 24.4 Å². The molecule has 3 heterocycles. The molecule has 1 aliphatic carbocycles. The van der Waals surface area contributed by atoms with Gasteiger partial charge in [0, 0.05) is 12.2 Å². The van der Waals surface area contributed by atoms with Crippen LogP contribution >= 0.6 is 0 Å². The minimum absolute atomic E-state index is 0.106. The second-order valence-electron chi connectivity index (χ2n) is 8.02. The Morgan fingerprint density at radius 3 is 2.47 bits per heavy atom. The van der Waals surface area contributed by atoms with Gasteiger partial charge in [0.2, 0.25) is 0 Å². The highest BCUT2D eigenvalue weighted by Crippen LogP contribution is 2.30. The lowest BCUT2D eigenvalue weighted by Gasteiger charge is -2.17. The Labute approximate surface area is 173 Å². The fourth-order valence-corrected chi connectivity index (χ4v) is 4.59. The molecule has 0 aliphatic heterocycles.